The summed E-state index contributed by atoms with van der Waals surface area (Å²) >= 11 is 0. The van der Waals surface area contributed by atoms with E-state index in [1.54, 1.807) is 0 Å². The molecule has 1 aliphatic rings. The van der Waals surface area contributed by atoms with Gasteiger partial charge in [0.2, 0.25) is 5.91 Å². The SMILES string of the molecule is CCC(C)NC(=O)CN1CCNC[C@H]1C.Cl. The number of rotatable bonds is 4. The zero-order chi connectivity index (χ0) is 11.3. The van der Waals surface area contributed by atoms with Crippen LogP contribution in [0.5, 0.6) is 0 Å². The van der Waals surface area contributed by atoms with E-state index in [9.17, 15) is 4.79 Å². The predicted molar refractivity (Wildman–Crippen MR) is 69.0 cm³/mol. The fourth-order valence-corrected chi connectivity index (χ4v) is 1.72. The van der Waals surface area contributed by atoms with E-state index in [4.69, 9.17) is 0 Å². The number of nitrogens with one attached hydrogen (secondary N) is 2. The highest BCUT2D eigenvalue weighted by atomic mass is 35.5. The van der Waals surface area contributed by atoms with Crippen molar-refractivity contribution in [3.05, 3.63) is 0 Å². The molecule has 96 valence electrons. The Hall–Kier alpha value is -0.320. The fraction of sp³-hybridized carbons (Fsp3) is 0.909. The number of hydrogen-bond donors (Lipinski definition) is 2. The Balaban J connectivity index is 0.00000225. The first-order chi connectivity index (χ1) is 7.13. The van der Waals surface area contributed by atoms with Crippen molar-refractivity contribution in [3.8, 4) is 0 Å². The maximum atomic E-state index is 11.7. The summed E-state index contributed by atoms with van der Waals surface area (Å²) in [5, 5.41) is 6.31. The summed E-state index contributed by atoms with van der Waals surface area (Å²) in [4.78, 5) is 13.9. The molecular formula is C11H24ClN3O. The quantitative estimate of drug-likeness (QED) is 0.768. The molecule has 1 fully saturated rings. The number of halogens is 1. The molecule has 1 heterocycles. The summed E-state index contributed by atoms with van der Waals surface area (Å²) in [7, 11) is 0. The van der Waals surface area contributed by atoms with Crippen LogP contribution in [0.3, 0.4) is 0 Å². The minimum Gasteiger partial charge on any atom is -0.353 e. The Labute approximate surface area is 105 Å². The van der Waals surface area contributed by atoms with Crippen LogP contribution in [0.15, 0.2) is 0 Å². The van der Waals surface area contributed by atoms with Crippen molar-refractivity contribution in [1.82, 2.24) is 15.5 Å². The van der Waals surface area contributed by atoms with E-state index < -0.39 is 0 Å². The Morgan fingerprint density at radius 3 is 2.88 bits per heavy atom. The molecule has 1 rings (SSSR count). The van der Waals surface area contributed by atoms with E-state index in [0.29, 0.717) is 12.6 Å². The molecule has 0 spiro atoms. The zero-order valence-corrected chi connectivity index (χ0v) is 11.3. The van der Waals surface area contributed by atoms with E-state index in [0.717, 1.165) is 26.1 Å². The van der Waals surface area contributed by atoms with E-state index in [2.05, 4.69) is 29.4 Å². The van der Waals surface area contributed by atoms with Crippen molar-refractivity contribution >= 4 is 18.3 Å². The monoisotopic (exact) mass is 249 g/mol. The van der Waals surface area contributed by atoms with Gasteiger partial charge in [-0.15, -0.1) is 12.4 Å². The number of amides is 1. The second kappa shape index (κ2) is 7.87. The molecule has 16 heavy (non-hydrogen) atoms. The van der Waals surface area contributed by atoms with Gasteiger partial charge >= 0.3 is 0 Å². The normalized spacial score (nSPS) is 23.3. The van der Waals surface area contributed by atoms with Gasteiger partial charge in [-0.25, -0.2) is 0 Å². The van der Waals surface area contributed by atoms with Crippen LogP contribution in [-0.4, -0.2) is 49.1 Å². The maximum Gasteiger partial charge on any atom is 0.234 e. The lowest BCUT2D eigenvalue weighted by molar-refractivity contribution is -0.123. The third-order valence-corrected chi connectivity index (χ3v) is 3.01. The molecule has 0 aromatic carbocycles. The van der Waals surface area contributed by atoms with Crippen LogP contribution in [0.25, 0.3) is 0 Å². The fourth-order valence-electron chi connectivity index (χ4n) is 1.72. The standard InChI is InChI=1S/C11H23N3O.ClH/c1-4-9(2)13-11(15)8-14-6-5-12-7-10(14)3;/h9-10,12H,4-8H2,1-3H3,(H,13,15);1H/t9?,10-;/m1./s1. The first kappa shape index (κ1) is 15.7. The molecule has 1 unspecified atom stereocenters. The van der Waals surface area contributed by atoms with Gasteiger partial charge < -0.3 is 10.6 Å². The van der Waals surface area contributed by atoms with Crippen LogP contribution in [0, 0.1) is 0 Å². The Kier molecular flexibility index (Phi) is 7.72. The van der Waals surface area contributed by atoms with Crippen molar-refractivity contribution in [1.29, 1.82) is 0 Å². The smallest absolute Gasteiger partial charge is 0.234 e. The van der Waals surface area contributed by atoms with Crippen molar-refractivity contribution in [2.75, 3.05) is 26.2 Å². The molecule has 0 aromatic heterocycles. The van der Waals surface area contributed by atoms with Gasteiger partial charge in [0.1, 0.15) is 0 Å². The van der Waals surface area contributed by atoms with Crippen molar-refractivity contribution < 1.29 is 4.79 Å². The van der Waals surface area contributed by atoms with E-state index in [1.807, 2.05) is 6.92 Å². The molecule has 2 atom stereocenters. The van der Waals surface area contributed by atoms with Gasteiger partial charge in [0.05, 0.1) is 6.54 Å². The minimum absolute atomic E-state index is 0. The first-order valence-corrected chi connectivity index (χ1v) is 5.87. The lowest BCUT2D eigenvalue weighted by atomic mass is 10.2. The van der Waals surface area contributed by atoms with Gasteiger partial charge in [-0.05, 0) is 20.3 Å². The average molecular weight is 250 g/mol. The molecule has 1 saturated heterocycles. The predicted octanol–water partition coefficient (Wildman–Crippen LogP) is 0.617. The molecule has 0 radical (unpaired) electrons. The summed E-state index contributed by atoms with van der Waals surface area (Å²) in [5.41, 5.74) is 0. The molecule has 0 saturated carbocycles. The summed E-state index contributed by atoms with van der Waals surface area (Å²) in [5.74, 6) is 0.151. The first-order valence-electron chi connectivity index (χ1n) is 5.87. The van der Waals surface area contributed by atoms with Gasteiger partial charge in [0, 0.05) is 31.7 Å². The molecule has 0 aromatic rings. The van der Waals surface area contributed by atoms with Gasteiger partial charge in [-0.2, -0.15) is 0 Å². The molecule has 1 aliphatic heterocycles. The number of carbonyl (C=O) groups is 1. The van der Waals surface area contributed by atoms with Gasteiger partial charge in [0.25, 0.3) is 0 Å². The molecular weight excluding hydrogens is 226 g/mol. The number of piperazine rings is 1. The molecule has 0 bridgehead atoms. The van der Waals surface area contributed by atoms with Crippen LogP contribution in [0.4, 0.5) is 0 Å². The van der Waals surface area contributed by atoms with Gasteiger partial charge in [-0.3, -0.25) is 9.69 Å². The zero-order valence-electron chi connectivity index (χ0n) is 10.5. The molecule has 1 amide bonds. The summed E-state index contributed by atoms with van der Waals surface area (Å²) < 4.78 is 0. The highest BCUT2D eigenvalue weighted by Gasteiger charge is 2.20. The molecule has 0 aliphatic carbocycles. The van der Waals surface area contributed by atoms with Gasteiger partial charge in [-0.1, -0.05) is 6.92 Å². The largest absolute Gasteiger partial charge is 0.353 e. The second-order valence-electron chi connectivity index (χ2n) is 4.40. The average Bonchev–Trinajstić information content (AvgIpc) is 2.21. The van der Waals surface area contributed by atoms with Gasteiger partial charge in [0.15, 0.2) is 0 Å². The van der Waals surface area contributed by atoms with Crippen molar-refractivity contribution in [3.63, 3.8) is 0 Å². The third-order valence-electron chi connectivity index (χ3n) is 3.01. The third kappa shape index (κ3) is 5.14. The minimum atomic E-state index is 0. The highest BCUT2D eigenvalue weighted by molar-refractivity contribution is 5.85. The topological polar surface area (TPSA) is 44.4 Å². The van der Waals surface area contributed by atoms with E-state index in [-0.39, 0.29) is 24.4 Å². The number of carbonyl (C=O) groups excluding carboxylic acids is 1. The van der Waals surface area contributed by atoms with E-state index in [1.165, 1.54) is 0 Å². The highest BCUT2D eigenvalue weighted by Crippen LogP contribution is 2.01. The summed E-state index contributed by atoms with van der Waals surface area (Å²) in [6, 6.07) is 0.747. The molecule has 2 N–H and O–H groups in total. The Morgan fingerprint density at radius 2 is 2.31 bits per heavy atom. The van der Waals surface area contributed by atoms with Crippen LogP contribution in [-0.2, 0) is 4.79 Å². The van der Waals surface area contributed by atoms with Crippen LogP contribution in [0.1, 0.15) is 27.2 Å². The van der Waals surface area contributed by atoms with Crippen molar-refractivity contribution in [2.45, 2.75) is 39.3 Å². The van der Waals surface area contributed by atoms with Crippen molar-refractivity contribution in [2.24, 2.45) is 0 Å². The second-order valence-corrected chi connectivity index (χ2v) is 4.40. The number of hydrogen-bond acceptors (Lipinski definition) is 3. The summed E-state index contributed by atoms with van der Waals surface area (Å²) in [6.07, 6.45) is 0.989. The molecule has 5 heteroatoms. The van der Waals surface area contributed by atoms with E-state index >= 15 is 0 Å². The summed E-state index contributed by atoms with van der Waals surface area (Å²) in [6.45, 7) is 9.75. The maximum absolute atomic E-state index is 11.7. The van der Waals surface area contributed by atoms with Crippen LogP contribution < -0.4 is 10.6 Å². The molecule has 4 nitrogen and oxygen atoms in total. The Morgan fingerprint density at radius 1 is 1.62 bits per heavy atom. The van der Waals surface area contributed by atoms with Crippen LogP contribution in [0.2, 0.25) is 0 Å². The Bertz CT molecular complexity index is 213. The van der Waals surface area contributed by atoms with Crippen LogP contribution >= 0.6 is 12.4 Å². The lowest BCUT2D eigenvalue weighted by Crippen LogP contribution is -2.53. The lowest BCUT2D eigenvalue weighted by Gasteiger charge is -2.33. The number of nitrogens with zero attached hydrogens (tertiary/aromatic N) is 1.